The number of amides is 2. The number of likely N-dealkylation sites (tertiary alicyclic amines) is 1. The fourth-order valence-electron chi connectivity index (χ4n) is 2.41. The zero-order chi connectivity index (χ0) is 14.6. The normalized spacial score (nSPS) is 22.1. The van der Waals surface area contributed by atoms with Gasteiger partial charge in [-0.25, -0.2) is 0 Å². The summed E-state index contributed by atoms with van der Waals surface area (Å²) in [6.07, 6.45) is 3.20. The van der Waals surface area contributed by atoms with Gasteiger partial charge in [0, 0.05) is 19.5 Å². The zero-order valence-corrected chi connectivity index (χ0v) is 12.3. The standard InChI is InChI=1S/C14H27N3O2/c1-14(2,3)12(16)13(19)17-8-4-5-10(9-17)6-7-11(15)18/h10,12H,4-9,16H2,1-3H3,(H2,15,18)/t10?,12-/m1/s1. The number of nitrogens with zero attached hydrogens (tertiary/aromatic N) is 1. The third-order valence-electron chi connectivity index (χ3n) is 3.83. The van der Waals surface area contributed by atoms with Crippen molar-refractivity contribution in [1.29, 1.82) is 0 Å². The molecule has 1 aliphatic rings. The monoisotopic (exact) mass is 269 g/mol. The van der Waals surface area contributed by atoms with Gasteiger partial charge in [0.2, 0.25) is 11.8 Å². The van der Waals surface area contributed by atoms with Gasteiger partial charge < -0.3 is 16.4 Å². The van der Waals surface area contributed by atoms with Crippen LogP contribution in [0.1, 0.15) is 46.5 Å². The minimum absolute atomic E-state index is 0.0243. The molecule has 0 aliphatic carbocycles. The van der Waals surface area contributed by atoms with Crippen LogP contribution in [0.3, 0.4) is 0 Å². The van der Waals surface area contributed by atoms with Crippen LogP contribution in [0.2, 0.25) is 0 Å². The third-order valence-corrected chi connectivity index (χ3v) is 3.83. The molecule has 1 unspecified atom stereocenters. The molecule has 0 radical (unpaired) electrons. The van der Waals surface area contributed by atoms with Gasteiger partial charge in [0.1, 0.15) is 0 Å². The number of hydrogen-bond acceptors (Lipinski definition) is 3. The van der Waals surface area contributed by atoms with Crippen LogP contribution in [0.15, 0.2) is 0 Å². The molecule has 1 rings (SSSR count). The molecule has 1 heterocycles. The SMILES string of the molecule is CC(C)(C)[C@H](N)C(=O)N1CCCC(CCC(N)=O)C1. The molecule has 2 atom stereocenters. The molecule has 0 saturated carbocycles. The maximum atomic E-state index is 12.3. The van der Waals surface area contributed by atoms with Crippen LogP contribution in [0.25, 0.3) is 0 Å². The van der Waals surface area contributed by atoms with Gasteiger partial charge in [-0.15, -0.1) is 0 Å². The Bertz CT molecular complexity index is 336. The smallest absolute Gasteiger partial charge is 0.240 e. The summed E-state index contributed by atoms with van der Waals surface area (Å²) in [6, 6.07) is -0.470. The Morgan fingerprint density at radius 3 is 2.53 bits per heavy atom. The number of nitrogens with two attached hydrogens (primary N) is 2. The van der Waals surface area contributed by atoms with E-state index in [1.807, 2.05) is 25.7 Å². The van der Waals surface area contributed by atoms with E-state index in [9.17, 15) is 9.59 Å². The van der Waals surface area contributed by atoms with Gasteiger partial charge in [-0.3, -0.25) is 9.59 Å². The second-order valence-corrected chi connectivity index (χ2v) is 6.64. The summed E-state index contributed by atoms with van der Waals surface area (Å²) in [6.45, 7) is 7.41. The lowest BCUT2D eigenvalue weighted by molar-refractivity contribution is -0.136. The predicted octanol–water partition coefficient (Wildman–Crippen LogP) is 0.864. The highest BCUT2D eigenvalue weighted by atomic mass is 16.2. The van der Waals surface area contributed by atoms with Gasteiger partial charge in [0.15, 0.2) is 0 Å². The Kier molecular flexibility index (Phi) is 5.35. The van der Waals surface area contributed by atoms with E-state index in [0.29, 0.717) is 18.9 Å². The maximum Gasteiger partial charge on any atom is 0.240 e. The van der Waals surface area contributed by atoms with E-state index in [-0.39, 0.29) is 17.2 Å². The number of rotatable bonds is 4. The minimum atomic E-state index is -0.470. The first-order valence-electron chi connectivity index (χ1n) is 7.04. The first-order valence-corrected chi connectivity index (χ1v) is 7.04. The molecule has 5 heteroatoms. The summed E-state index contributed by atoms with van der Waals surface area (Å²) in [7, 11) is 0. The van der Waals surface area contributed by atoms with Crippen molar-refractivity contribution in [3.8, 4) is 0 Å². The van der Waals surface area contributed by atoms with E-state index in [4.69, 9.17) is 11.5 Å². The molecule has 1 aliphatic heterocycles. The Morgan fingerprint density at radius 2 is 2.00 bits per heavy atom. The molecule has 110 valence electrons. The Balaban J connectivity index is 2.54. The van der Waals surface area contributed by atoms with E-state index in [1.165, 1.54) is 0 Å². The number of carbonyl (C=O) groups is 2. The lowest BCUT2D eigenvalue weighted by atomic mass is 9.85. The van der Waals surface area contributed by atoms with Crippen molar-refractivity contribution in [2.24, 2.45) is 22.8 Å². The number of hydrogen-bond donors (Lipinski definition) is 2. The minimum Gasteiger partial charge on any atom is -0.370 e. The van der Waals surface area contributed by atoms with Crippen LogP contribution in [0.5, 0.6) is 0 Å². The van der Waals surface area contributed by atoms with Crippen molar-refractivity contribution >= 4 is 11.8 Å². The van der Waals surface area contributed by atoms with Gasteiger partial charge in [0.05, 0.1) is 6.04 Å². The van der Waals surface area contributed by atoms with E-state index in [2.05, 4.69) is 0 Å². The van der Waals surface area contributed by atoms with Crippen molar-refractivity contribution in [2.75, 3.05) is 13.1 Å². The molecule has 0 aromatic carbocycles. The highest BCUT2D eigenvalue weighted by Gasteiger charge is 2.33. The van der Waals surface area contributed by atoms with Crippen molar-refractivity contribution in [3.05, 3.63) is 0 Å². The first-order chi connectivity index (χ1) is 8.71. The molecule has 0 spiro atoms. The topological polar surface area (TPSA) is 89.4 Å². The largest absolute Gasteiger partial charge is 0.370 e. The van der Waals surface area contributed by atoms with Crippen molar-refractivity contribution in [2.45, 2.75) is 52.5 Å². The summed E-state index contributed by atoms with van der Waals surface area (Å²) in [5.41, 5.74) is 11.0. The van der Waals surface area contributed by atoms with E-state index in [0.717, 1.165) is 25.8 Å². The number of primary amides is 1. The summed E-state index contributed by atoms with van der Waals surface area (Å²) in [5, 5.41) is 0. The lowest BCUT2D eigenvalue weighted by Gasteiger charge is -2.37. The Hall–Kier alpha value is -1.10. The van der Waals surface area contributed by atoms with Crippen molar-refractivity contribution in [1.82, 2.24) is 4.90 Å². The quantitative estimate of drug-likeness (QED) is 0.793. The fourth-order valence-corrected chi connectivity index (χ4v) is 2.41. The van der Waals surface area contributed by atoms with Crippen LogP contribution in [-0.4, -0.2) is 35.8 Å². The van der Waals surface area contributed by atoms with Gasteiger partial charge in [0.25, 0.3) is 0 Å². The highest BCUT2D eigenvalue weighted by molar-refractivity contribution is 5.82. The van der Waals surface area contributed by atoms with E-state index in [1.54, 1.807) is 0 Å². The summed E-state index contributed by atoms with van der Waals surface area (Å²) in [4.78, 5) is 25.0. The van der Waals surface area contributed by atoms with Crippen LogP contribution in [0.4, 0.5) is 0 Å². The molecule has 5 nitrogen and oxygen atoms in total. The third kappa shape index (κ3) is 4.82. The van der Waals surface area contributed by atoms with Crippen LogP contribution in [0, 0.1) is 11.3 Å². The van der Waals surface area contributed by atoms with Crippen LogP contribution < -0.4 is 11.5 Å². The molecule has 1 saturated heterocycles. The van der Waals surface area contributed by atoms with Gasteiger partial charge >= 0.3 is 0 Å². The summed E-state index contributed by atoms with van der Waals surface area (Å²) in [5.74, 6) is 0.128. The average molecular weight is 269 g/mol. The summed E-state index contributed by atoms with van der Waals surface area (Å²) < 4.78 is 0. The molecule has 1 fully saturated rings. The molecule has 2 amide bonds. The van der Waals surface area contributed by atoms with Gasteiger partial charge in [-0.2, -0.15) is 0 Å². The highest BCUT2D eigenvalue weighted by Crippen LogP contribution is 2.24. The average Bonchev–Trinajstić information content (AvgIpc) is 2.33. The van der Waals surface area contributed by atoms with Crippen LogP contribution in [-0.2, 0) is 9.59 Å². The zero-order valence-electron chi connectivity index (χ0n) is 12.3. The molecule has 0 bridgehead atoms. The fraction of sp³-hybridized carbons (Fsp3) is 0.857. The molecule has 0 aromatic rings. The molecular formula is C14H27N3O2. The first kappa shape index (κ1) is 16.0. The number of piperidine rings is 1. The number of carbonyl (C=O) groups excluding carboxylic acids is 2. The lowest BCUT2D eigenvalue weighted by Crippen LogP contribution is -2.53. The predicted molar refractivity (Wildman–Crippen MR) is 75.2 cm³/mol. The van der Waals surface area contributed by atoms with Crippen molar-refractivity contribution in [3.63, 3.8) is 0 Å². The molecule has 19 heavy (non-hydrogen) atoms. The van der Waals surface area contributed by atoms with Gasteiger partial charge in [-0.1, -0.05) is 20.8 Å². The van der Waals surface area contributed by atoms with Crippen molar-refractivity contribution < 1.29 is 9.59 Å². The Morgan fingerprint density at radius 1 is 1.37 bits per heavy atom. The molecular weight excluding hydrogens is 242 g/mol. The second-order valence-electron chi connectivity index (χ2n) is 6.64. The second kappa shape index (κ2) is 6.37. The van der Waals surface area contributed by atoms with Gasteiger partial charge in [-0.05, 0) is 30.6 Å². The Labute approximate surface area is 115 Å². The summed E-state index contributed by atoms with van der Waals surface area (Å²) >= 11 is 0. The van der Waals surface area contributed by atoms with E-state index < -0.39 is 6.04 Å². The molecule has 0 aromatic heterocycles. The maximum absolute atomic E-state index is 12.3. The van der Waals surface area contributed by atoms with Crippen LogP contribution >= 0.6 is 0 Å². The molecule has 4 N–H and O–H groups in total. The van der Waals surface area contributed by atoms with E-state index >= 15 is 0 Å².